The van der Waals surface area contributed by atoms with E-state index in [0.717, 1.165) is 25.2 Å². The topological polar surface area (TPSA) is 84.1 Å². The Bertz CT molecular complexity index is 411. The minimum atomic E-state index is -0.411. The number of nitrogens with zero attached hydrogens (tertiary/aromatic N) is 3. The molecular formula is C13H21N5O. The Morgan fingerprint density at radius 2 is 2.53 bits per heavy atom. The molecule has 3 N–H and O–H groups in total. The van der Waals surface area contributed by atoms with Gasteiger partial charge < -0.3 is 16.0 Å². The summed E-state index contributed by atoms with van der Waals surface area (Å²) in [4.78, 5) is 13.9. The van der Waals surface area contributed by atoms with Crippen molar-refractivity contribution < 1.29 is 4.79 Å². The van der Waals surface area contributed by atoms with Gasteiger partial charge in [0.15, 0.2) is 5.82 Å². The Balaban J connectivity index is 1.91. The number of anilines is 1. The van der Waals surface area contributed by atoms with E-state index in [4.69, 9.17) is 5.73 Å². The van der Waals surface area contributed by atoms with Crippen LogP contribution in [-0.4, -0.2) is 41.3 Å². The summed E-state index contributed by atoms with van der Waals surface area (Å²) in [6, 6.07) is 3.70. The lowest BCUT2D eigenvalue weighted by Gasteiger charge is -2.25. The van der Waals surface area contributed by atoms with Gasteiger partial charge in [-0.05, 0) is 31.4 Å². The lowest BCUT2D eigenvalue weighted by molar-refractivity contribution is -0.122. The Morgan fingerprint density at radius 1 is 1.68 bits per heavy atom. The largest absolute Gasteiger partial charge is 0.353 e. The van der Waals surface area contributed by atoms with Crippen LogP contribution < -0.4 is 16.0 Å². The van der Waals surface area contributed by atoms with E-state index in [1.54, 1.807) is 6.20 Å². The van der Waals surface area contributed by atoms with Crippen LogP contribution in [0.4, 0.5) is 5.82 Å². The average Bonchev–Trinajstić information content (AvgIpc) is 2.93. The average molecular weight is 263 g/mol. The molecule has 1 unspecified atom stereocenters. The van der Waals surface area contributed by atoms with Gasteiger partial charge in [0.1, 0.15) is 0 Å². The predicted molar refractivity (Wildman–Crippen MR) is 73.7 cm³/mol. The van der Waals surface area contributed by atoms with E-state index < -0.39 is 6.04 Å². The third-order valence-corrected chi connectivity index (χ3v) is 3.52. The molecule has 0 saturated carbocycles. The maximum atomic E-state index is 11.7. The minimum absolute atomic E-state index is 0.0755. The van der Waals surface area contributed by atoms with Crippen LogP contribution in [-0.2, 0) is 4.79 Å². The monoisotopic (exact) mass is 263 g/mol. The molecule has 0 spiro atoms. The first kappa shape index (κ1) is 13.7. The Morgan fingerprint density at radius 3 is 3.21 bits per heavy atom. The summed E-state index contributed by atoms with van der Waals surface area (Å²) in [5, 5.41) is 11.0. The Hall–Kier alpha value is -1.69. The van der Waals surface area contributed by atoms with E-state index in [2.05, 4.69) is 20.4 Å². The SMILES string of the molecule is CC[C@H](N)C(=O)NCC1CCCN1c1cccnn1. The molecule has 2 heterocycles. The maximum Gasteiger partial charge on any atom is 0.236 e. The van der Waals surface area contributed by atoms with Crippen molar-refractivity contribution in [3.05, 3.63) is 18.3 Å². The number of hydrogen-bond donors (Lipinski definition) is 2. The molecule has 19 heavy (non-hydrogen) atoms. The molecule has 6 nitrogen and oxygen atoms in total. The van der Waals surface area contributed by atoms with Crippen LogP contribution in [0.3, 0.4) is 0 Å². The molecule has 1 aromatic heterocycles. The van der Waals surface area contributed by atoms with E-state index in [1.807, 2.05) is 19.1 Å². The normalized spacial score (nSPS) is 20.3. The first-order valence-electron chi connectivity index (χ1n) is 6.80. The van der Waals surface area contributed by atoms with E-state index in [1.165, 1.54) is 0 Å². The van der Waals surface area contributed by atoms with Crippen LogP contribution in [0.2, 0.25) is 0 Å². The first-order chi connectivity index (χ1) is 9.22. The van der Waals surface area contributed by atoms with Crippen molar-refractivity contribution in [2.45, 2.75) is 38.3 Å². The van der Waals surface area contributed by atoms with Crippen molar-refractivity contribution in [3.63, 3.8) is 0 Å². The number of nitrogens with two attached hydrogens (primary N) is 1. The zero-order chi connectivity index (χ0) is 13.7. The molecule has 6 heteroatoms. The van der Waals surface area contributed by atoms with Gasteiger partial charge in [0.2, 0.25) is 5.91 Å². The summed E-state index contributed by atoms with van der Waals surface area (Å²) in [6.45, 7) is 3.48. The van der Waals surface area contributed by atoms with Gasteiger partial charge in [-0.1, -0.05) is 6.92 Å². The number of carbonyl (C=O) groups excluding carboxylic acids is 1. The van der Waals surface area contributed by atoms with Gasteiger partial charge in [-0.3, -0.25) is 4.79 Å². The standard InChI is InChI=1S/C13H21N5O/c1-2-11(14)13(19)15-9-10-5-4-8-18(10)12-6-3-7-16-17-12/h3,6-7,10-11H,2,4-5,8-9,14H2,1H3,(H,15,19)/t10?,11-/m0/s1. The van der Waals surface area contributed by atoms with Crippen molar-refractivity contribution in [2.24, 2.45) is 5.73 Å². The van der Waals surface area contributed by atoms with E-state index in [0.29, 0.717) is 13.0 Å². The summed E-state index contributed by atoms with van der Waals surface area (Å²) in [6.07, 6.45) is 4.48. The fourth-order valence-corrected chi connectivity index (χ4v) is 2.33. The van der Waals surface area contributed by atoms with Gasteiger partial charge in [-0.25, -0.2) is 0 Å². The third-order valence-electron chi connectivity index (χ3n) is 3.52. The van der Waals surface area contributed by atoms with Gasteiger partial charge in [0.05, 0.1) is 6.04 Å². The van der Waals surface area contributed by atoms with Crippen LogP contribution in [0, 0.1) is 0 Å². The first-order valence-corrected chi connectivity index (χ1v) is 6.80. The molecule has 1 fully saturated rings. The van der Waals surface area contributed by atoms with Crippen LogP contribution in [0.15, 0.2) is 18.3 Å². The van der Waals surface area contributed by atoms with Crippen molar-refractivity contribution in [3.8, 4) is 0 Å². The summed E-state index contributed by atoms with van der Waals surface area (Å²) in [5.41, 5.74) is 5.70. The highest BCUT2D eigenvalue weighted by atomic mass is 16.2. The lowest BCUT2D eigenvalue weighted by Crippen LogP contribution is -2.46. The molecule has 1 amide bonds. The van der Waals surface area contributed by atoms with Crippen LogP contribution in [0.1, 0.15) is 26.2 Å². The van der Waals surface area contributed by atoms with E-state index in [-0.39, 0.29) is 11.9 Å². The van der Waals surface area contributed by atoms with E-state index >= 15 is 0 Å². The molecule has 1 aliphatic heterocycles. The molecule has 1 saturated heterocycles. The molecule has 0 aliphatic carbocycles. The fourth-order valence-electron chi connectivity index (χ4n) is 2.33. The minimum Gasteiger partial charge on any atom is -0.353 e. The highest BCUT2D eigenvalue weighted by molar-refractivity contribution is 5.81. The van der Waals surface area contributed by atoms with Crippen molar-refractivity contribution in [2.75, 3.05) is 18.0 Å². The number of rotatable bonds is 5. The summed E-state index contributed by atoms with van der Waals surface area (Å²) < 4.78 is 0. The lowest BCUT2D eigenvalue weighted by atomic mass is 10.2. The zero-order valence-electron chi connectivity index (χ0n) is 11.2. The van der Waals surface area contributed by atoms with E-state index in [9.17, 15) is 4.79 Å². The zero-order valence-corrected chi connectivity index (χ0v) is 11.2. The highest BCUT2D eigenvalue weighted by Crippen LogP contribution is 2.22. The quantitative estimate of drug-likeness (QED) is 0.798. The second-order valence-corrected chi connectivity index (χ2v) is 4.83. The molecule has 0 aromatic carbocycles. The fraction of sp³-hybridized carbons (Fsp3) is 0.615. The van der Waals surface area contributed by atoms with Crippen LogP contribution >= 0.6 is 0 Å². The number of carbonyl (C=O) groups is 1. The predicted octanol–water partition coefficient (Wildman–Crippen LogP) is 0.299. The smallest absolute Gasteiger partial charge is 0.236 e. The number of nitrogens with one attached hydrogen (secondary N) is 1. The van der Waals surface area contributed by atoms with Crippen molar-refractivity contribution in [1.29, 1.82) is 0 Å². The molecular weight excluding hydrogens is 242 g/mol. The Labute approximate surface area is 113 Å². The molecule has 1 aromatic rings. The number of hydrogen-bond acceptors (Lipinski definition) is 5. The summed E-state index contributed by atoms with van der Waals surface area (Å²) >= 11 is 0. The van der Waals surface area contributed by atoms with Crippen molar-refractivity contribution >= 4 is 11.7 Å². The molecule has 1 aliphatic rings. The number of amides is 1. The number of aromatic nitrogens is 2. The van der Waals surface area contributed by atoms with Crippen LogP contribution in [0.5, 0.6) is 0 Å². The van der Waals surface area contributed by atoms with Gasteiger partial charge in [-0.15, -0.1) is 5.10 Å². The second-order valence-electron chi connectivity index (χ2n) is 4.83. The van der Waals surface area contributed by atoms with Gasteiger partial charge in [0.25, 0.3) is 0 Å². The molecule has 2 atom stereocenters. The molecule has 104 valence electrons. The summed E-state index contributed by atoms with van der Waals surface area (Å²) in [7, 11) is 0. The molecule has 0 bridgehead atoms. The van der Waals surface area contributed by atoms with Crippen molar-refractivity contribution in [1.82, 2.24) is 15.5 Å². The Kier molecular flexibility index (Phi) is 4.68. The van der Waals surface area contributed by atoms with Crippen LogP contribution in [0.25, 0.3) is 0 Å². The summed E-state index contributed by atoms with van der Waals surface area (Å²) in [5.74, 6) is 0.799. The van der Waals surface area contributed by atoms with Gasteiger partial charge >= 0.3 is 0 Å². The van der Waals surface area contributed by atoms with Gasteiger partial charge in [-0.2, -0.15) is 5.10 Å². The molecule has 2 rings (SSSR count). The molecule has 0 radical (unpaired) electrons. The maximum absolute atomic E-state index is 11.7. The van der Waals surface area contributed by atoms with Gasteiger partial charge in [0, 0.05) is 25.3 Å². The third kappa shape index (κ3) is 3.41. The second kappa shape index (κ2) is 6.47. The highest BCUT2D eigenvalue weighted by Gasteiger charge is 2.26.